The number of hydrogen-bond acceptors (Lipinski definition) is 1. The summed E-state index contributed by atoms with van der Waals surface area (Å²) in [6, 6.07) is 0. The van der Waals surface area contributed by atoms with E-state index in [0.717, 1.165) is 0 Å². The molecule has 1 fully saturated rings. The van der Waals surface area contributed by atoms with E-state index in [1.807, 2.05) is 0 Å². The summed E-state index contributed by atoms with van der Waals surface area (Å²) in [4.78, 5) is 0. The number of aliphatic hydroxyl groups is 1. The second-order valence-electron chi connectivity index (χ2n) is 3.30. The topological polar surface area (TPSA) is 20.2 Å². The standard InChI is InChI=1S/C7H12ClFO/c1-4-6(3,5(2)10)7(4,8)9/h4-5,10H,1-3H3. The van der Waals surface area contributed by atoms with Crippen molar-refractivity contribution >= 4 is 11.6 Å². The van der Waals surface area contributed by atoms with Gasteiger partial charge in [0.05, 0.1) is 6.10 Å². The molecule has 0 bridgehead atoms. The maximum atomic E-state index is 13.1. The molecule has 1 N–H and O–H groups in total. The summed E-state index contributed by atoms with van der Waals surface area (Å²) in [5.74, 6) is -0.248. The molecule has 0 spiro atoms. The molecule has 1 rings (SSSR count). The van der Waals surface area contributed by atoms with Crippen molar-refractivity contribution in [3.8, 4) is 0 Å². The van der Waals surface area contributed by atoms with E-state index in [4.69, 9.17) is 16.7 Å². The Balaban J connectivity index is 2.78. The molecule has 4 unspecified atom stereocenters. The van der Waals surface area contributed by atoms with E-state index >= 15 is 0 Å². The second kappa shape index (κ2) is 1.86. The molecular weight excluding hydrogens is 155 g/mol. The van der Waals surface area contributed by atoms with Crippen LogP contribution in [0.25, 0.3) is 0 Å². The minimum Gasteiger partial charge on any atom is -0.393 e. The molecule has 0 saturated heterocycles. The highest BCUT2D eigenvalue weighted by Gasteiger charge is 2.74. The fraction of sp³-hybridized carbons (Fsp3) is 1.00. The van der Waals surface area contributed by atoms with Gasteiger partial charge < -0.3 is 5.11 Å². The lowest BCUT2D eigenvalue weighted by Gasteiger charge is -2.13. The lowest BCUT2D eigenvalue weighted by molar-refractivity contribution is 0.0932. The van der Waals surface area contributed by atoms with Gasteiger partial charge in [-0.2, -0.15) is 0 Å². The molecule has 0 aromatic rings. The zero-order valence-electron chi connectivity index (χ0n) is 6.36. The van der Waals surface area contributed by atoms with Gasteiger partial charge in [0.2, 0.25) is 0 Å². The molecule has 1 aliphatic rings. The molecule has 4 atom stereocenters. The van der Waals surface area contributed by atoms with Gasteiger partial charge in [0.25, 0.3) is 0 Å². The normalized spacial score (nSPS) is 56.4. The van der Waals surface area contributed by atoms with Crippen LogP contribution in [-0.2, 0) is 0 Å². The van der Waals surface area contributed by atoms with Crippen molar-refractivity contribution in [2.75, 3.05) is 0 Å². The van der Waals surface area contributed by atoms with Gasteiger partial charge in [-0.15, -0.1) is 0 Å². The van der Waals surface area contributed by atoms with E-state index in [-0.39, 0.29) is 5.92 Å². The highest BCUT2D eigenvalue weighted by molar-refractivity contribution is 6.26. The first-order valence-corrected chi connectivity index (χ1v) is 3.78. The Bertz CT molecular complexity index is 158. The zero-order chi connectivity index (χ0) is 8.15. The summed E-state index contributed by atoms with van der Waals surface area (Å²) in [6.07, 6.45) is -0.676. The Kier molecular flexibility index (Phi) is 1.54. The van der Waals surface area contributed by atoms with Crippen LogP contribution in [0.3, 0.4) is 0 Å². The Labute approximate surface area is 65.2 Å². The highest BCUT2D eigenvalue weighted by atomic mass is 35.5. The van der Waals surface area contributed by atoms with Crippen LogP contribution in [0.2, 0.25) is 0 Å². The summed E-state index contributed by atoms with van der Waals surface area (Å²) >= 11 is 5.47. The molecule has 0 heterocycles. The van der Waals surface area contributed by atoms with Crippen molar-refractivity contribution in [1.82, 2.24) is 0 Å². The molecule has 0 amide bonds. The Morgan fingerprint density at radius 3 is 2.00 bits per heavy atom. The van der Waals surface area contributed by atoms with Crippen LogP contribution in [0.4, 0.5) is 4.39 Å². The van der Waals surface area contributed by atoms with Gasteiger partial charge >= 0.3 is 0 Å². The lowest BCUT2D eigenvalue weighted by atomic mass is 10.0. The first-order valence-electron chi connectivity index (χ1n) is 3.41. The predicted octanol–water partition coefficient (Wildman–Crippen LogP) is 1.93. The van der Waals surface area contributed by atoms with Gasteiger partial charge in [0.15, 0.2) is 5.13 Å². The molecule has 10 heavy (non-hydrogen) atoms. The first kappa shape index (κ1) is 8.28. The van der Waals surface area contributed by atoms with Gasteiger partial charge in [-0.25, -0.2) is 4.39 Å². The monoisotopic (exact) mass is 166 g/mol. The summed E-state index contributed by atoms with van der Waals surface area (Å²) in [5.41, 5.74) is -0.742. The van der Waals surface area contributed by atoms with E-state index < -0.39 is 16.6 Å². The quantitative estimate of drug-likeness (QED) is 0.591. The number of hydrogen-bond donors (Lipinski definition) is 1. The minimum absolute atomic E-state index is 0.248. The fourth-order valence-electron chi connectivity index (χ4n) is 1.40. The average molecular weight is 167 g/mol. The summed E-state index contributed by atoms with van der Waals surface area (Å²) < 4.78 is 13.1. The molecule has 3 heteroatoms. The minimum atomic E-state index is -1.69. The van der Waals surface area contributed by atoms with Crippen LogP contribution in [0.5, 0.6) is 0 Å². The number of alkyl halides is 2. The van der Waals surface area contributed by atoms with Crippen molar-refractivity contribution in [2.45, 2.75) is 32.0 Å². The third kappa shape index (κ3) is 0.665. The summed E-state index contributed by atoms with van der Waals surface area (Å²) in [6.45, 7) is 4.94. The van der Waals surface area contributed by atoms with E-state index in [2.05, 4.69) is 0 Å². The zero-order valence-corrected chi connectivity index (χ0v) is 7.11. The van der Waals surface area contributed by atoms with Crippen LogP contribution >= 0.6 is 11.6 Å². The van der Waals surface area contributed by atoms with Gasteiger partial charge in [0, 0.05) is 11.3 Å². The fourth-order valence-corrected chi connectivity index (χ4v) is 1.89. The third-order valence-electron chi connectivity index (χ3n) is 2.95. The van der Waals surface area contributed by atoms with E-state index in [0.29, 0.717) is 0 Å². The van der Waals surface area contributed by atoms with Gasteiger partial charge in [-0.3, -0.25) is 0 Å². The lowest BCUT2D eigenvalue weighted by Crippen LogP contribution is -2.20. The molecule has 1 aliphatic carbocycles. The van der Waals surface area contributed by atoms with E-state index in [1.165, 1.54) is 0 Å². The van der Waals surface area contributed by atoms with Crippen molar-refractivity contribution in [3.63, 3.8) is 0 Å². The van der Waals surface area contributed by atoms with Crippen LogP contribution in [0.15, 0.2) is 0 Å². The van der Waals surface area contributed by atoms with Gasteiger partial charge in [-0.05, 0) is 6.92 Å². The van der Waals surface area contributed by atoms with Crippen LogP contribution in [0.1, 0.15) is 20.8 Å². The molecular formula is C7H12ClFO. The van der Waals surface area contributed by atoms with Crippen molar-refractivity contribution in [1.29, 1.82) is 0 Å². The maximum absolute atomic E-state index is 13.1. The van der Waals surface area contributed by atoms with Crippen LogP contribution in [-0.4, -0.2) is 16.3 Å². The van der Waals surface area contributed by atoms with Crippen LogP contribution < -0.4 is 0 Å². The Hall–Kier alpha value is 0.180. The van der Waals surface area contributed by atoms with E-state index in [1.54, 1.807) is 20.8 Å². The number of aliphatic hydroxyl groups excluding tert-OH is 1. The molecule has 0 aliphatic heterocycles. The van der Waals surface area contributed by atoms with E-state index in [9.17, 15) is 4.39 Å². The van der Waals surface area contributed by atoms with Crippen molar-refractivity contribution < 1.29 is 9.50 Å². The first-order chi connectivity index (χ1) is 4.35. The Morgan fingerprint density at radius 2 is 2.00 bits per heavy atom. The second-order valence-corrected chi connectivity index (χ2v) is 3.85. The molecule has 0 aromatic carbocycles. The predicted molar refractivity (Wildman–Crippen MR) is 38.6 cm³/mol. The highest BCUT2D eigenvalue weighted by Crippen LogP contribution is 2.68. The smallest absolute Gasteiger partial charge is 0.195 e. The molecule has 0 radical (unpaired) electrons. The summed E-state index contributed by atoms with van der Waals surface area (Å²) in [5, 5.41) is 7.44. The van der Waals surface area contributed by atoms with Gasteiger partial charge in [0.1, 0.15) is 0 Å². The summed E-state index contributed by atoms with van der Waals surface area (Å²) in [7, 11) is 0. The average Bonchev–Trinajstić information content (AvgIpc) is 2.16. The molecule has 0 aromatic heterocycles. The maximum Gasteiger partial charge on any atom is 0.195 e. The van der Waals surface area contributed by atoms with Crippen LogP contribution in [0, 0.1) is 11.3 Å². The number of rotatable bonds is 1. The van der Waals surface area contributed by atoms with Gasteiger partial charge in [-0.1, -0.05) is 25.4 Å². The van der Waals surface area contributed by atoms with Crippen molar-refractivity contribution in [2.24, 2.45) is 11.3 Å². The SMILES string of the molecule is CC(O)C1(C)C(C)C1(F)Cl. The Morgan fingerprint density at radius 1 is 1.70 bits per heavy atom. The van der Waals surface area contributed by atoms with Crippen molar-refractivity contribution in [3.05, 3.63) is 0 Å². The number of halogens is 2. The molecule has 1 saturated carbocycles. The molecule has 60 valence electrons. The molecule has 1 nitrogen and oxygen atoms in total. The largest absolute Gasteiger partial charge is 0.393 e. The third-order valence-corrected chi connectivity index (χ3v) is 3.68.